The Balaban J connectivity index is 1.66. The maximum Gasteiger partial charge on any atom is 0.0388 e. The van der Waals surface area contributed by atoms with Crippen molar-refractivity contribution in [3.63, 3.8) is 0 Å². The Morgan fingerprint density at radius 3 is 1.40 bits per heavy atom. The van der Waals surface area contributed by atoms with Crippen LogP contribution >= 0.6 is 0 Å². The number of rotatable bonds is 7. The summed E-state index contributed by atoms with van der Waals surface area (Å²) in [7, 11) is 0. The van der Waals surface area contributed by atoms with Gasteiger partial charge in [0, 0.05) is 11.3 Å². The molecule has 0 amide bonds. The lowest BCUT2D eigenvalue weighted by Gasteiger charge is -2.47. The number of hydrogen-bond donors (Lipinski definition) is 0. The van der Waals surface area contributed by atoms with Gasteiger partial charge in [-0.05, 0) is 45.2 Å². The van der Waals surface area contributed by atoms with Crippen LogP contribution in [-0.2, 0) is 11.8 Å². The van der Waals surface area contributed by atoms with Crippen molar-refractivity contribution in [3.05, 3.63) is 197 Å². The Bertz CT molecular complexity index is 1510. The lowest BCUT2D eigenvalue weighted by Crippen LogP contribution is -2.44. The van der Waals surface area contributed by atoms with Gasteiger partial charge in [0.25, 0.3) is 0 Å². The summed E-state index contributed by atoms with van der Waals surface area (Å²) in [5.41, 5.74) is 8.86. The van der Waals surface area contributed by atoms with Gasteiger partial charge in [-0.3, -0.25) is 0 Å². The molecule has 0 radical (unpaired) electrons. The normalized spacial score (nSPS) is 17.1. The van der Waals surface area contributed by atoms with Crippen molar-refractivity contribution >= 4 is 5.57 Å². The summed E-state index contributed by atoms with van der Waals surface area (Å²) in [4.78, 5) is 0. The highest BCUT2D eigenvalue weighted by Crippen LogP contribution is 2.61. The van der Waals surface area contributed by atoms with Crippen LogP contribution in [0.15, 0.2) is 169 Å². The number of allylic oxidation sites excluding steroid dienone is 3. The molecule has 40 heavy (non-hydrogen) atoms. The molecule has 0 fully saturated rings. The van der Waals surface area contributed by atoms with E-state index in [1.807, 2.05) is 0 Å². The van der Waals surface area contributed by atoms with Crippen molar-refractivity contribution in [2.24, 2.45) is 11.3 Å². The Morgan fingerprint density at radius 2 is 0.950 bits per heavy atom. The number of hydrogen-bond acceptors (Lipinski definition) is 0. The van der Waals surface area contributed by atoms with E-state index in [9.17, 15) is 0 Å². The summed E-state index contributed by atoms with van der Waals surface area (Å²) in [6, 6.07) is 55.1. The van der Waals surface area contributed by atoms with E-state index in [0.717, 1.165) is 6.42 Å². The van der Waals surface area contributed by atoms with E-state index in [-0.39, 0.29) is 16.7 Å². The highest BCUT2D eigenvalue weighted by atomic mass is 14.6. The highest BCUT2D eigenvalue weighted by Gasteiger charge is 2.56. The first-order valence-corrected chi connectivity index (χ1v) is 14.3. The summed E-state index contributed by atoms with van der Waals surface area (Å²) in [5.74, 6) is 0.142. The fourth-order valence-electron chi connectivity index (χ4n) is 7.00. The second kappa shape index (κ2) is 11.0. The first-order chi connectivity index (χ1) is 19.6. The molecule has 0 heterocycles. The van der Waals surface area contributed by atoms with Crippen LogP contribution in [0, 0.1) is 11.3 Å². The van der Waals surface area contributed by atoms with Gasteiger partial charge in [-0.1, -0.05) is 183 Å². The molecule has 0 spiro atoms. The van der Waals surface area contributed by atoms with Crippen LogP contribution < -0.4 is 0 Å². The Labute approximate surface area is 239 Å². The van der Waals surface area contributed by atoms with E-state index in [0.29, 0.717) is 0 Å². The molecule has 0 saturated carbocycles. The third kappa shape index (κ3) is 4.65. The molecule has 0 saturated heterocycles. The topological polar surface area (TPSA) is 0 Å². The first-order valence-electron chi connectivity index (χ1n) is 14.3. The smallest absolute Gasteiger partial charge is 0.0388 e. The van der Waals surface area contributed by atoms with E-state index in [4.69, 9.17) is 0 Å². The molecule has 1 aliphatic carbocycles. The molecule has 0 aliphatic heterocycles. The van der Waals surface area contributed by atoms with Gasteiger partial charge in [-0.25, -0.2) is 0 Å². The van der Waals surface area contributed by atoms with Crippen LogP contribution in [0.25, 0.3) is 5.57 Å². The van der Waals surface area contributed by atoms with Crippen LogP contribution in [0.1, 0.15) is 41.7 Å². The average Bonchev–Trinajstić information content (AvgIpc) is 3.23. The molecule has 0 bridgehead atoms. The maximum atomic E-state index is 2.58. The molecule has 1 unspecified atom stereocenters. The Kier molecular flexibility index (Phi) is 7.10. The second-order valence-corrected chi connectivity index (χ2v) is 11.4. The summed E-state index contributed by atoms with van der Waals surface area (Å²) < 4.78 is 0. The third-order valence-corrected chi connectivity index (χ3v) is 8.64. The molecule has 6 rings (SSSR count). The van der Waals surface area contributed by atoms with Crippen molar-refractivity contribution < 1.29 is 0 Å². The number of benzene rings is 5. The van der Waals surface area contributed by atoms with E-state index in [1.165, 1.54) is 39.0 Å². The first kappa shape index (κ1) is 25.8. The minimum Gasteiger partial charge on any atom is -0.0774 e. The zero-order valence-corrected chi connectivity index (χ0v) is 23.4. The molecule has 0 nitrogen and oxygen atoms in total. The molecule has 1 aliphatic rings. The van der Waals surface area contributed by atoms with Crippen LogP contribution in [0.5, 0.6) is 0 Å². The largest absolute Gasteiger partial charge is 0.0774 e. The zero-order chi connectivity index (χ0) is 27.4. The molecular weight excluding hydrogens is 480 g/mol. The summed E-state index contributed by atoms with van der Waals surface area (Å²) in [6.45, 7) is 4.85. The predicted octanol–water partition coefficient (Wildman–Crippen LogP) is 9.93. The van der Waals surface area contributed by atoms with Crippen LogP contribution in [0.4, 0.5) is 0 Å². The van der Waals surface area contributed by atoms with Crippen LogP contribution in [0.3, 0.4) is 0 Å². The maximum absolute atomic E-state index is 2.58. The zero-order valence-electron chi connectivity index (χ0n) is 23.4. The SMILES string of the molecule is CC1(C)C=C(Cc2ccccc2)C(C=C(c2ccccc2)c2ccccc2)C1(c1ccccc1)c1ccccc1. The summed E-state index contributed by atoms with van der Waals surface area (Å²) >= 11 is 0. The molecule has 0 aromatic heterocycles. The van der Waals surface area contributed by atoms with Crippen molar-refractivity contribution in [1.29, 1.82) is 0 Å². The molecule has 5 aromatic rings. The average molecular weight is 517 g/mol. The van der Waals surface area contributed by atoms with Gasteiger partial charge in [0.1, 0.15) is 0 Å². The van der Waals surface area contributed by atoms with Gasteiger partial charge in [0.05, 0.1) is 0 Å². The van der Waals surface area contributed by atoms with Crippen molar-refractivity contribution in [1.82, 2.24) is 0 Å². The monoisotopic (exact) mass is 516 g/mol. The Hall–Kier alpha value is -4.42. The fourth-order valence-corrected chi connectivity index (χ4v) is 7.00. The Morgan fingerprint density at radius 1 is 0.550 bits per heavy atom. The summed E-state index contributed by atoms with van der Waals surface area (Å²) in [5, 5.41) is 0. The molecule has 5 aromatic carbocycles. The molecule has 0 N–H and O–H groups in total. The van der Waals surface area contributed by atoms with E-state index in [1.54, 1.807) is 0 Å². The predicted molar refractivity (Wildman–Crippen MR) is 169 cm³/mol. The fraction of sp³-hybridized carbons (Fsp3) is 0.150. The minimum absolute atomic E-state index is 0.139. The van der Waals surface area contributed by atoms with Crippen molar-refractivity contribution in [2.45, 2.75) is 25.7 Å². The van der Waals surface area contributed by atoms with Gasteiger partial charge >= 0.3 is 0 Å². The minimum atomic E-state index is -0.283. The standard InChI is InChI=1S/C40H36/c1-39(2)30-34(28-31-18-8-3-9-19-31)38(29-37(32-20-10-4-11-21-32)33-22-12-5-13-23-33)40(39,35-24-14-6-15-25-35)36-26-16-7-17-27-36/h3-27,29-30,38H,28H2,1-2H3. The van der Waals surface area contributed by atoms with Crippen LogP contribution in [-0.4, -0.2) is 0 Å². The molecule has 196 valence electrons. The van der Waals surface area contributed by atoms with E-state index in [2.05, 4.69) is 178 Å². The van der Waals surface area contributed by atoms with E-state index >= 15 is 0 Å². The van der Waals surface area contributed by atoms with Crippen molar-refractivity contribution in [3.8, 4) is 0 Å². The van der Waals surface area contributed by atoms with Gasteiger partial charge in [-0.2, -0.15) is 0 Å². The molecule has 1 atom stereocenters. The lowest BCUT2D eigenvalue weighted by molar-refractivity contribution is 0.255. The lowest BCUT2D eigenvalue weighted by atomic mass is 9.55. The third-order valence-electron chi connectivity index (χ3n) is 8.64. The second-order valence-electron chi connectivity index (χ2n) is 11.4. The molecular formula is C40H36. The van der Waals surface area contributed by atoms with Gasteiger partial charge in [0.2, 0.25) is 0 Å². The van der Waals surface area contributed by atoms with Crippen molar-refractivity contribution in [2.75, 3.05) is 0 Å². The quantitative estimate of drug-likeness (QED) is 0.189. The van der Waals surface area contributed by atoms with Gasteiger partial charge in [0.15, 0.2) is 0 Å². The highest BCUT2D eigenvalue weighted by molar-refractivity contribution is 5.81. The summed E-state index contributed by atoms with van der Waals surface area (Å²) in [6.07, 6.45) is 6.08. The van der Waals surface area contributed by atoms with Crippen LogP contribution in [0.2, 0.25) is 0 Å². The van der Waals surface area contributed by atoms with Gasteiger partial charge < -0.3 is 0 Å². The van der Waals surface area contributed by atoms with E-state index < -0.39 is 0 Å². The van der Waals surface area contributed by atoms with Gasteiger partial charge in [-0.15, -0.1) is 0 Å². The molecule has 0 heteroatoms.